The monoisotopic (exact) mass is 587 g/mol. The number of carbonyl (C=O) groups excluding carboxylic acids is 1. The van der Waals surface area contributed by atoms with Gasteiger partial charge in [-0.1, -0.05) is 60.8 Å². The largest absolute Gasteiger partial charge is 0.477 e. The quantitative estimate of drug-likeness (QED) is 0.236. The molecule has 2 N–H and O–H groups in total. The summed E-state index contributed by atoms with van der Waals surface area (Å²) < 4.78 is 6.88. The Morgan fingerprint density at radius 1 is 0.971 bits per heavy atom. The van der Waals surface area contributed by atoms with Gasteiger partial charge in [0.2, 0.25) is 5.91 Å². The van der Waals surface area contributed by atoms with Gasteiger partial charge in [0.1, 0.15) is 17.2 Å². The fourth-order valence-corrected chi connectivity index (χ4v) is 4.86. The second-order valence-electron chi connectivity index (χ2n) is 8.21. The third-order valence-corrected chi connectivity index (χ3v) is 7.17. The first-order valence-electron chi connectivity index (χ1n) is 10.9. The van der Waals surface area contributed by atoms with Crippen molar-refractivity contribution in [3.05, 3.63) is 98.2 Å². The Bertz CT molecular complexity index is 1220. The Kier molecular flexibility index (Phi) is 7.58. The van der Waals surface area contributed by atoms with E-state index in [2.05, 4.69) is 27.9 Å². The molecule has 1 saturated carbocycles. The molecule has 0 saturated heterocycles. The third kappa shape index (κ3) is 5.45. The van der Waals surface area contributed by atoms with E-state index in [-0.39, 0.29) is 11.6 Å². The van der Waals surface area contributed by atoms with Gasteiger partial charge in [-0.3, -0.25) is 4.79 Å². The zero-order valence-electron chi connectivity index (χ0n) is 18.3. The van der Waals surface area contributed by atoms with E-state index < -0.39 is 11.4 Å². The number of rotatable bonds is 7. The van der Waals surface area contributed by atoms with Crippen LogP contribution in [0.2, 0.25) is 5.02 Å². The molecule has 0 radical (unpaired) electrons. The van der Waals surface area contributed by atoms with Crippen LogP contribution in [0.25, 0.3) is 6.08 Å². The molecule has 174 valence electrons. The van der Waals surface area contributed by atoms with E-state index in [1.54, 1.807) is 36.4 Å². The number of aliphatic carboxylic acids is 1. The number of halogens is 2. The number of carboxylic acids is 1. The zero-order chi connectivity index (χ0) is 24.1. The molecular weight excluding hydrogens is 565 g/mol. The molecule has 7 heteroatoms. The van der Waals surface area contributed by atoms with Gasteiger partial charge in [0.15, 0.2) is 0 Å². The van der Waals surface area contributed by atoms with Crippen LogP contribution >= 0.6 is 34.2 Å². The van der Waals surface area contributed by atoms with E-state index in [0.29, 0.717) is 29.2 Å². The van der Waals surface area contributed by atoms with Gasteiger partial charge in [0, 0.05) is 5.02 Å². The number of carboxylic acid groups (broad SMARTS) is 1. The minimum atomic E-state index is -1.20. The van der Waals surface area contributed by atoms with Crippen molar-refractivity contribution in [3.63, 3.8) is 0 Å². The van der Waals surface area contributed by atoms with Crippen LogP contribution in [0.1, 0.15) is 36.8 Å². The highest BCUT2D eigenvalue weighted by Gasteiger charge is 2.43. The molecule has 1 aliphatic rings. The molecule has 1 aliphatic carbocycles. The van der Waals surface area contributed by atoms with Crippen molar-refractivity contribution in [1.82, 2.24) is 5.32 Å². The summed E-state index contributed by atoms with van der Waals surface area (Å²) in [7, 11) is 0. The van der Waals surface area contributed by atoms with Crippen molar-refractivity contribution in [2.45, 2.75) is 31.1 Å². The van der Waals surface area contributed by atoms with E-state index in [0.717, 1.165) is 27.7 Å². The normalized spacial score (nSPS) is 15.1. The molecule has 0 aromatic heterocycles. The fourth-order valence-electron chi connectivity index (χ4n) is 4.24. The van der Waals surface area contributed by atoms with Crippen LogP contribution in [0.15, 0.2) is 78.5 Å². The number of benzene rings is 3. The maximum Gasteiger partial charge on any atom is 0.352 e. The third-order valence-electron chi connectivity index (χ3n) is 6.02. The van der Waals surface area contributed by atoms with Gasteiger partial charge in [-0.05, 0) is 89.0 Å². The van der Waals surface area contributed by atoms with Gasteiger partial charge in [-0.25, -0.2) is 4.79 Å². The van der Waals surface area contributed by atoms with Crippen LogP contribution < -0.4 is 10.1 Å². The summed E-state index contributed by atoms with van der Waals surface area (Å²) in [5.41, 5.74) is 0.564. The van der Waals surface area contributed by atoms with Crippen LogP contribution in [0.5, 0.6) is 11.5 Å². The zero-order valence-corrected chi connectivity index (χ0v) is 21.2. The molecular formula is C27H23ClINO4. The second-order valence-corrected chi connectivity index (χ2v) is 9.81. The molecule has 0 spiro atoms. The van der Waals surface area contributed by atoms with Gasteiger partial charge in [-0.15, -0.1) is 0 Å². The molecule has 0 bridgehead atoms. The van der Waals surface area contributed by atoms with Gasteiger partial charge < -0.3 is 15.2 Å². The summed E-state index contributed by atoms with van der Waals surface area (Å²) >= 11 is 8.23. The Hall–Kier alpha value is -2.84. The highest BCUT2D eigenvalue weighted by molar-refractivity contribution is 14.1. The standard InChI is InChI=1S/C27H23ClINO4/c28-20-11-9-19(10-12-20)27(15-3-4-16-27)26(33)30-23(25(31)32)17-18-7-13-21(14-8-18)34-24-6-2-1-5-22(24)29/h1-2,5-14,17H,3-4,15-16H2,(H,30,33)(H,31,32)/b23-17-. The molecule has 0 unspecified atom stereocenters. The lowest BCUT2D eigenvalue weighted by atomic mass is 9.78. The average Bonchev–Trinajstić information content (AvgIpc) is 3.33. The lowest BCUT2D eigenvalue weighted by Gasteiger charge is -2.28. The first-order valence-corrected chi connectivity index (χ1v) is 12.4. The van der Waals surface area contributed by atoms with E-state index in [1.165, 1.54) is 6.08 Å². The van der Waals surface area contributed by atoms with Crippen LogP contribution in [-0.4, -0.2) is 17.0 Å². The molecule has 0 aliphatic heterocycles. The summed E-state index contributed by atoms with van der Waals surface area (Å²) in [6.07, 6.45) is 4.60. The molecule has 1 amide bonds. The minimum Gasteiger partial charge on any atom is -0.477 e. The van der Waals surface area contributed by atoms with Crippen LogP contribution in [-0.2, 0) is 15.0 Å². The molecule has 3 aromatic carbocycles. The first kappa shape index (κ1) is 24.3. The van der Waals surface area contributed by atoms with Crippen molar-refractivity contribution in [1.29, 1.82) is 0 Å². The second kappa shape index (κ2) is 10.6. The van der Waals surface area contributed by atoms with Gasteiger partial charge in [0.25, 0.3) is 0 Å². The molecule has 0 atom stereocenters. The Balaban J connectivity index is 1.54. The summed E-state index contributed by atoms with van der Waals surface area (Å²) in [5, 5.41) is 13.0. The highest BCUT2D eigenvalue weighted by Crippen LogP contribution is 2.42. The smallest absolute Gasteiger partial charge is 0.352 e. The van der Waals surface area contributed by atoms with Crippen LogP contribution in [0.3, 0.4) is 0 Å². The van der Waals surface area contributed by atoms with Crippen molar-refractivity contribution >= 4 is 52.1 Å². The van der Waals surface area contributed by atoms with E-state index in [9.17, 15) is 14.7 Å². The maximum atomic E-state index is 13.4. The summed E-state index contributed by atoms with van der Waals surface area (Å²) in [6.45, 7) is 0. The summed E-state index contributed by atoms with van der Waals surface area (Å²) in [6, 6.07) is 21.9. The average molecular weight is 588 g/mol. The number of carbonyl (C=O) groups is 2. The van der Waals surface area contributed by atoms with Gasteiger partial charge >= 0.3 is 5.97 Å². The van der Waals surface area contributed by atoms with E-state index in [4.69, 9.17) is 16.3 Å². The number of nitrogens with one attached hydrogen (secondary N) is 1. The number of para-hydroxylation sites is 1. The molecule has 1 fully saturated rings. The number of amides is 1. The summed E-state index contributed by atoms with van der Waals surface area (Å²) in [4.78, 5) is 25.3. The van der Waals surface area contributed by atoms with Crippen molar-refractivity contribution in [2.24, 2.45) is 0 Å². The Morgan fingerprint density at radius 2 is 1.62 bits per heavy atom. The van der Waals surface area contributed by atoms with Crippen molar-refractivity contribution < 1.29 is 19.4 Å². The SMILES string of the molecule is O=C(O)/C(=C/c1ccc(Oc2ccccc2I)cc1)NC(=O)C1(c2ccc(Cl)cc2)CCCC1. The van der Waals surface area contributed by atoms with Crippen LogP contribution in [0, 0.1) is 3.57 Å². The van der Waals surface area contributed by atoms with Gasteiger partial charge in [-0.2, -0.15) is 0 Å². The topological polar surface area (TPSA) is 75.6 Å². The van der Waals surface area contributed by atoms with Gasteiger partial charge in [0.05, 0.1) is 8.99 Å². The summed E-state index contributed by atoms with van der Waals surface area (Å²) in [5.74, 6) is -0.125. The number of hydrogen-bond donors (Lipinski definition) is 2. The molecule has 0 heterocycles. The molecule has 3 aromatic rings. The number of ether oxygens (including phenoxy) is 1. The van der Waals surface area contributed by atoms with Crippen LogP contribution in [0.4, 0.5) is 0 Å². The highest BCUT2D eigenvalue weighted by atomic mass is 127. The predicted molar refractivity (Wildman–Crippen MR) is 141 cm³/mol. The maximum absolute atomic E-state index is 13.4. The first-order chi connectivity index (χ1) is 16.4. The molecule has 5 nitrogen and oxygen atoms in total. The number of hydrogen-bond acceptors (Lipinski definition) is 3. The van der Waals surface area contributed by atoms with Crippen molar-refractivity contribution in [2.75, 3.05) is 0 Å². The Labute approximate surface area is 216 Å². The molecule has 4 rings (SSSR count). The Morgan fingerprint density at radius 3 is 2.24 bits per heavy atom. The molecule has 34 heavy (non-hydrogen) atoms. The van der Waals surface area contributed by atoms with E-state index in [1.807, 2.05) is 36.4 Å². The lowest BCUT2D eigenvalue weighted by Crippen LogP contribution is -2.43. The fraction of sp³-hybridized carbons (Fsp3) is 0.185. The van der Waals surface area contributed by atoms with E-state index >= 15 is 0 Å². The van der Waals surface area contributed by atoms with Crippen molar-refractivity contribution in [3.8, 4) is 11.5 Å². The predicted octanol–water partition coefficient (Wildman–Crippen LogP) is 6.79. The lowest BCUT2D eigenvalue weighted by molar-refractivity contribution is -0.135. The minimum absolute atomic E-state index is 0.170.